The van der Waals surface area contributed by atoms with E-state index in [1.54, 1.807) is 18.1 Å². The van der Waals surface area contributed by atoms with E-state index in [-0.39, 0.29) is 42.4 Å². The Morgan fingerprint density at radius 2 is 1.82 bits per heavy atom. The van der Waals surface area contributed by atoms with E-state index >= 15 is 0 Å². The van der Waals surface area contributed by atoms with E-state index in [1.807, 2.05) is 24.3 Å². The fourth-order valence-electron chi connectivity index (χ4n) is 6.20. The molecule has 1 aliphatic carbocycles. The number of anilines is 2. The predicted molar refractivity (Wildman–Crippen MR) is 162 cm³/mol. The molecule has 0 radical (unpaired) electrons. The molecule has 44 heavy (non-hydrogen) atoms. The van der Waals surface area contributed by atoms with Crippen LogP contribution in [0.25, 0.3) is 0 Å². The van der Waals surface area contributed by atoms with Crippen LogP contribution in [0.4, 0.5) is 20.6 Å². The molecule has 2 amide bonds. The molecule has 6 rings (SSSR count). The van der Waals surface area contributed by atoms with Crippen LogP contribution in [0, 0.1) is 5.82 Å². The molecule has 0 unspecified atom stereocenters. The smallest absolute Gasteiger partial charge is 0.407 e. The maximum absolute atomic E-state index is 14.7. The van der Waals surface area contributed by atoms with Gasteiger partial charge in [0.05, 0.1) is 30.4 Å². The summed E-state index contributed by atoms with van der Waals surface area (Å²) in [6.45, 7) is 0.817. The Balaban J connectivity index is 1.41. The van der Waals surface area contributed by atoms with Crippen LogP contribution in [0.1, 0.15) is 43.2 Å². The van der Waals surface area contributed by atoms with Crippen molar-refractivity contribution in [2.45, 2.75) is 55.1 Å². The highest BCUT2D eigenvalue weighted by atomic mass is 35.5. The van der Waals surface area contributed by atoms with Crippen molar-refractivity contribution in [1.82, 2.24) is 4.90 Å². The van der Waals surface area contributed by atoms with Gasteiger partial charge in [0.15, 0.2) is 0 Å². The van der Waals surface area contributed by atoms with Crippen molar-refractivity contribution in [3.8, 4) is 11.5 Å². The van der Waals surface area contributed by atoms with Crippen LogP contribution in [-0.2, 0) is 26.8 Å². The fourth-order valence-corrected chi connectivity index (χ4v) is 7.46. The van der Waals surface area contributed by atoms with Gasteiger partial charge in [0, 0.05) is 37.0 Å². The molecule has 3 aliphatic rings. The minimum atomic E-state index is -4.37. The van der Waals surface area contributed by atoms with Crippen molar-refractivity contribution in [3.05, 3.63) is 76.6 Å². The van der Waals surface area contributed by atoms with Gasteiger partial charge in [0.2, 0.25) is 5.91 Å². The Morgan fingerprint density at radius 3 is 2.41 bits per heavy atom. The van der Waals surface area contributed by atoms with Crippen molar-refractivity contribution < 1.29 is 37.0 Å². The Hall–Kier alpha value is -4.03. The van der Waals surface area contributed by atoms with Gasteiger partial charge in [-0.3, -0.25) is 9.52 Å². The highest BCUT2D eigenvalue weighted by Crippen LogP contribution is 2.57. The van der Waals surface area contributed by atoms with Crippen LogP contribution in [0.5, 0.6) is 11.5 Å². The standard InChI is InChI=1S/C31H31ClFN3O7S/c1-42-22-6-3-19(4-7-22)18-36-28-24(31(29(36)37)11-2-12-31)16-21(34-44(40,41)27-8-5-20(32)15-25(27)33)17-26(28)43-23-9-13-35(14-10-23)30(38)39/h3-8,15-17,23,34H,2,9-14,18H2,1H3,(H,38,39). The van der Waals surface area contributed by atoms with E-state index < -0.39 is 32.2 Å². The first-order chi connectivity index (χ1) is 21.0. The molecular formula is C31H31ClFN3O7S. The fraction of sp³-hybridized carbons (Fsp3) is 0.355. The number of nitrogens with one attached hydrogen (secondary N) is 1. The summed E-state index contributed by atoms with van der Waals surface area (Å²) in [5, 5.41) is 9.44. The largest absolute Gasteiger partial charge is 0.497 e. The van der Waals surface area contributed by atoms with Gasteiger partial charge in [-0.1, -0.05) is 30.2 Å². The van der Waals surface area contributed by atoms with Crippen LogP contribution < -0.4 is 19.1 Å². The Bertz CT molecular complexity index is 1720. The summed E-state index contributed by atoms with van der Waals surface area (Å²) in [4.78, 5) is 28.0. The number of benzene rings is 3. The van der Waals surface area contributed by atoms with Gasteiger partial charge in [0.25, 0.3) is 10.0 Å². The van der Waals surface area contributed by atoms with Gasteiger partial charge < -0.3 is 24.4 Å². The number of halogens is 2. The number of sulfonamides is 1. The van der Waals surface area contributed by atoms with E-state index in [4.69, 9.17) is 21.1 Å². The highest BCUT2D eigenvalue weighted by Gasteiger charge is 2.55. The molecule has 0 bridgehead atoms. The van der Waals surface area contributed by atoms with Gasteiger partial charge in [-0.2, -0.15) is 0 Å². The highest BCUT2D eigenvalue weighted by molar-refractivity contribution is 7.92. The van der Waals surface area contributed by atoms with Crippen molar-refractivity contribution in [1.29, 1.82) is 0 Å². The lowest BCUT2D eigenvalue weighted by Gasteiger charge is -2.37. The molecule has 13 heteroatoms. The number of amides is 2. The van der Waals surface area contributed by atoms with Crippen LogP contribution >= 0.6 is 11.6 Å². The number of piperidine rings is 1. The lowest BCUT2D eigenvalue weighted by Crippen LogP contribution is -2.44. The quantitative estimate of drug-likeness (QED) is 0.319. The summed E-state index contributed by atoms with van der Waals surface area (Å²) < 4.78 is 55.5. The summed E-state index contributed by atoms with van der Waals surface area (Å²) in [7, 11) is -2.80. The average molecular weight is 644 g/mol. The predicted octanol–water partition coefficient (Wildman–Crippen LogP) is 5.78. The zero-order chi connectivity index (χ0) is 31.2. The molecule has 3 aromatic rings. The van der Waals surface area contributed by atoms with Gasteiger partial charge in [-0.15, -0.1) is 0 Å². The number of nitrogens with zero attached hydrogens (tertiary/aromatic N) is 2. The molecule has 2 N–H and O–H groups in total. The maximum Gasteiger partial charge on any atom is 0.407 e. The molecule has 232 valence electrons. The van der Waals surface area contributed by atoms with Crippen molar-refractivity contribution in [3.63, 3.8) is 0 Å². The van der Waals surface area contributed by atoms with E-state index in [0.29, 0.717) is 48.4 Å². The van der Waals surface area contributed by atoms with Gasteiger partial charge in [0.1, 0.15) is 28.3 Å². The van der Waals surface area contributed by atoms with Crippen molar-refractivity contribution in [2.75, 3.05) is 29.8 Å². The second-order valence-corrected chi connectivity index (χ2v) is 13.4. The first kappa shape index (κ1) is 30.0. The summed E-state index contributed by atoms with van der Waals surface area (Å²) in [6, 6.07) is 13.9. The number of carboxylic acid groups (broad SMARTS) is 1. The molecular weight excluding hydrogens is 613 g/mol. The Morgan fingerprint density at radius 1 is 1.11 bits per heavy atom. The minimum absolute atomic E-state index is 0.0611. The molecule has 2 heterocycles. The molecule has 2 aliphatic heterocycles. The minimum Gasteiger partial charge on any atom is -0.497 e. The van der Waals surface area contributed by atoms with Crippen LogP contribution in [0.15, 0.2) is 59.5 Å². The number of hydrogen-bond acceptors (Lipinski definition) is 6. The molecule has 0 atom stereocenters. The summed E-state index contributed by atoms with van der Waals surface area (Å²) in [5.74, 6) is -0.104. The molecule has 3 aromatic carbocycles. The number of methoxy groups -OCH3 is 1. The Kier molecular flexibility index (Phi) is 7.83. The zero-order valence-electron chi connectivity index (χ0n) is 23.9. The first-order valence-corrected chi connectivity index (χ1v) is 16.1. The molecule has 2 fully saturated rings. The maximum atomic E-state index is 14.7. The molecule has 10 nitrogen and oxygen atoms in total. The number of carbonyl (C=O) groups excluding carboxylic acids is 1. The second kappa shape index (κ2) is 11.5. The van der Waals surface area contributed by atoms with Gasteiger partial charge in [-0.25, -0.2) is 17.6 Å². The number of hydrogen-bond donors (Lipinski definition) is 2. The number of ether oxygens (including phenoxy) is 2. The second-order valence-electron chi connectivity index (χ2n) is 11.3. The first-order valence-electron chi connectivity index (χ1n) is 14.3. The number of rotatable bonds is 8. The third-order valence-electron chi connectivity index (χ3n) is 8.66. The monoisotopic (exact) mass is 643 g/mol. The normalized spacial score (nSPS) is 17.8. The lowest BCUT2D eigenvalue weighted by molar-refractivity contribution is -0.126. The zero-order valence-corrected chi connectivity index (χ0v) is 25.5. The van der Waals surface area contributed by atoms with E-state index in [9.17, 15) is 27.5 Å². The average Bonchev–Trinajstić information content (AvgIpc) is 3.21. The summed E-state index contributed by atoms with van der Waals surface area (Å²) in [5.41, 5.74) is 1.37. The number of carbonyl (C=O) groups is 2. The van der Waals surface area contributed by atoms with Crippen molar-refractivity contribution in [2.24, 2.45) is 0 Å². The summed E-state index contributed by atoms with van der Waals surface area (Å²) in [6.07, 6.45) is 1.49. The van der Waals surface area contributed by atoms with Crippen LogP contribution in [0.3, 0.4) is 0 Å². The summed E-state index contributed by atoms with van der Waals surface area (Å²) >= 11 is 5.83. The third-order valence-corrected chi connectivity index (χ3v) is 10.3. The third kappa shape index (κ3) is 5.41. The van der Waals surface area contributed by atoms with Gasteiger partial charge >= 0.3 is 6.09 Å². The molecule has 1 saturated heterocycles. The topological polar surface area (TPSA) is 125 Å². The number of fused-ring (bicyclic) bond motifs is 2. The molecule has 1 saturated carbocycles. The molecule has 0 aromatic heterocycles. The SMILES string of the molecule is COc1ccc(CN2C(=O)C3(CCC3)c3cc(NS(=O)(=O)c4ccc(Cl)cc4F)cc(OC4CCN(C(=O)O)CC4)c32)cc1. The van der Waals surface area contributed by atoms with Crippen molar-refractivity contribution >= 4 is 45.0 Å². The van der Waals surface area contributed by atoms with E-state index in [2.05, 4.69) is 4.72 Å². The lowest BCUT2D eigenvalue weighted by atomic mass is 9.65. The Labute approximate surface area is 259 Å². The molecule has 1 spiro atoms. The van der Waals surface area contributed by atoms with E-state index in [0.717, 1.165) is 24.1 Å². The van der Waals surface area contributed by atoms with E-state index in [1.165, 1.54) is 17.0 Å². The van der Waals surface area contributed by atoms with Crippen LogP contribution in [-0.4, -0.2) is 56.7 Å². The van der Waals surface area contributed by atoms with Gasteiger partial charge in [-0.05, 0) is 60.4 Å². The number of likely N-dealkylation sites (tertiary alicyclic amines) is 1. The van der Waals surface area contributed by atoms with Crippen LogP contribution in [0.2, 0.25) is 5.02 Å².